The molecular formula is C10H13Br2N. The molecule has 0 atom stereocenters. The molecule has 72 valence electrons. The summed E-state index contributed by atoms with van der Waals surface area (Å²) < 4.78 is 1.17. The molecule has 0 amide bonds. The van der Waals surface area contributed by atoms with E-state index in [9.17, 15) is 0 Å². The van der Waals surface area contributed by atoms with E-state index in [1.807, 2.05) is 0 Å². The van der Waals surface area contributed by atoms with Gasteiger partial charge in [-0.2, -0.15) is 0 Å². The molecule has 0 N–H and O–H groups in total. The summed E-state index contributed by atoms with van der Waals surface area (Å²) in [6.45, 7) is 0.993. The Hall–Kier alpha value is 0.140. The number of hydrogen-bond donors (Lipinski definition) is 0. The average molecular weight is 307 g/mol. The number of halogens is 2. The van der Waals surface area contributed by atoms with Crippen LogP contribution in [0.1, 0.15) is 11.1 Å². The Bertz CT molecular complexity index is 284. The van der Waals surface area contributed by atoms with Crippen molar-refractivity contribution < 1.29 is 0 Å². The molecule has 1 nitrogen and oxygen atoms in total. The zero-order valence-corrected chi connectivity index (χ0v) is 11.0. The van der Waals surface area contributed by atoms with E-state index in [-0.39, 0.29) is 0 Å². The topological polar surface area (TPSA) is 3.24 Å². The molecule has 0 fully saturated rings. The van der Waals surface area contributed by atoms with E-state index in [0.29, 0.717) is 0 Å². The quantitative estimate of drug-likeness (QED) is 0.774. The maximum Gasteiger partial charge on any atom is 0.0294 e. The molecule has 3 heteroatoms. The van der Waals surface area contributed by atoms with Crippen molar-refractivity contribution in [2.24, 2.45) is 0 Å². The second-order valence-electron chi connectivity index (χ2n) is 3.30. The van der Waals surface area contributed by atoms with Crippen LogP contribution in [0.15, 0.2) is 22.7 Å². The highest BCUT2D eigenvalue weighted by atomic mass is 79.9. The first-order valence-electron chi connectivity index (χ1n) is 4.11. The Morgan fingerprint density at radius 2 is 2.00 bits per heavy atom. The van der Waals surface area contributed by atoms with Crippen LogP contribution in [0.4, 0.5) is 0 Å². The van der Waals surface area contributed by atoms with Gasteiger partial charge in [0.1, 0.15) is 0 Å². The van der Waals surface area contributed by atoms with Crippen molar-refractivity contribution in [3.8, 4) is 0 Å². The molecule has 0 aliphatic heterocycles. The number of rotatable bonds is 3. The van der Waals surface area contributed by atoms with Crippen LogP contribution in [0.25, 0.3) is 0 Å². The number of nitrogens with zero attached hydrogens (tertiary/aromatic N) is 1. The molecular weight excluding hydrogens is 294 g/mol. The lowest BCUT2D eigenvalue weighted by Crippen LogP contribution is -2.10. The maximum atomic E-state index is 3.51. The van der Waals surface area contributed by atoms with Crippen LogP contribution in [0, 0.1) is 0 Å². The summed E-state index contributed by atoms with van der Waals surface area (Å²) in [5.41, 5.74) is 2.65. The summed E-state index contributed by atoms with van der Waals surface area (Å²) >= 11 is 6.98. The van der Waals surface area contributed by atoms with E-state index in [2.05, 4.69) is 69.1 Å². The van der Waals surface area contributed by atoms with Crippen molar-refractivity contribution in [1.82, 2.24) is 4.90 Å². The lowest BCUT2D eigenvalue weighted by atomic mass is 10.1. The molecule has 1 aromatic carbocycles. The first-order chi connectivity index (χ1) is 6.13. The molecule has 1 aromatic rings. The minimum absolute atomic E-state index is 0.898. The van der Waals surface area contributed by atoms with Gasteiger partial charge in [0.05, 0.1) is 0 Å². The largest absolute Gasteiger partial charge is 0.305 e. The summed E-state index contributed by atoms with van der Waals surface area (Å²) in [7, 11) is 4.16. The molecule has 0 aliphatic carbocycles. The lowest BCUT2D eigenvalue weighted by Gasteiger charge is -2.11. The number of benzene rings is 1. The molecule has 0 spiro atoms. The third-order valence-corrected chi connectivity index (χ3v) is 3.13. The Labute approximate surface area is 96.4 Å². The maximum absolute atomic E-state index is 3.51. The van der Waals surface area contributed by atoms with Gasteiger partial charge in [-0.25, -0.2) is 0 Å². The molecule has 0 saturated heterocycles. The van der Waals surface area contributed by atoms with Gasteiger partial charge in [0.25, 0.3) is 0 Å². The predicted octanol–water partition coefficient (Wildman–Crippen LogP) is 3.41. The number of hydrogen-bond acceptors (Lipinski definition) is 1. The fraction of sp³-hybridized carbons (Fsp3) is 0.400. The van der Waals surface area contributed by atoms with Crippen molar-refractivity contribution in [2.75, 3.05) is 14.1 Å². The minimum Gasteiger partial charge on any atom is -0.305 e. The monoisotopic (exact) mass is 305 g/mol. The van der Waals surface area contributed by atoms with Gasteiger partial charge in [-0.05, 0) is 31.3 Å². The van der Waals surface area contributed by atoms with Crippen molar-refractivity contribution in [3.05, 3.63) is 33.8 Å². The Morgan fingerprint density at radius 3 is 2.54 bits per heavy atom. The normalized spacial score (nSPS) is 10.8. The molecule has 0 heterocycles. The Kier molecular flexibility index (Phi) is 4.42. The highest BCUT2D eigenvalue weighted by molar-refractivity contribution is 9.10. The molecule has 0 aliphatic rings. The van der Waals surface area contributed by atoms with E-state index < -0.39 is 0 Å². The summed E-state index contributed by atoms with van der Waals surface area (Å²) in [6.07, 6.45) is 0. The van der Waals surface area contributed by atoms with E-state index in [1.54, 1.807) is 0 Å². The highest BCUT2D eigenvalue weighted by Gasteiger charge is 2.00. The zero-order valence-electron chi connectivity index (χ0n) is 7.85. The fourth-order valence-corrected chi connectivity index (χ4v) is 2.42. The predicted molar refractivity (Wildman–Crippen MR) is 64.2 cm³/mol. The van der Waals surface area contributed by atoms with Crippen LogP contribution in [0.3, 0.4) is 0 Å². The van der Waals surface area contributed by atoms with Crippen LogP contribution in [-0.2, 0) is 11.9 Å². The number of alkyl halides is 1. The molecule has 13 heavy (non-hydrogen) atoms. The van der Waals surface area contributed by atoms with Crippen LogP contribution in [-0.4, -0.2) is 19.0 Å². The standard InChI is InChI=1S/C10H13Br2N/c1-13(2)7-8-3-4-10(12)9(5-8)6-11/h3-5H,6-7H2,1-2H3. The van der Waals surface area contributed by atoms with E-state index >= 15 is 0 Å². The fourth-order valence-electron chi connectivity index (χ4n) is 1.19. The smallest absolute Gasteiger partial charge is 0.0294 e. The van der Waals surface area contributed by atoms with Crippen molar-refractivity contribution in [1.29, 1.82) is 0 Å². The molecule has 0 aromatic heterocycles. The summed E-state index contributed by atoms with van der Waals surface area (Å²) in [5, 5.41) is 0.898. The zero-order chi connectivity index (χ0) is 9.84. The molecule has 0 unspecified atom stereocenters. The summed E-state index contributed by atoms with van der Waals surface area (Å²) in [6, 6.07) is 6.48. The van der Waals surface area contributed by atoms with Crippen molar-refractivity contribution in [3.63, 3.8) is 0 Å². The summed E-state index contributed by atoms with van der Waals surface area (Å²) in [4.78, 5) is 2.17. The van der Waals surface area contributed by atoms with Gasteiger partial charge >= 0.3 is 0 Å². The van der Waals surface area contributed by atoms with Crippen LogP contribution < -0.4 is 0 Å². The Balaban J connectivity index is 2.86. The van der Waals surface area contributed by atoms with E-state index in [0.717, 1.165) is 11.9 Å². The minimum atomic E-state index is 0.898. The summed E-state index contributed by atoms with van der Waals surface area (Å²) in [5.74, 6) is 0. The third kappa shape index (κ3) is 3.41. The van der Waals surface area contributed by atoms with Crippen LogP contribution >= 0.6 is 31.9 Å². The lowest BCUT2D eigenvalue weighted by molar-refractivity contribution is 0.402. The SMILES string of the molecule is CN(C)Cc1ccc(Br)c(CBr)c1. The molecule has 1 rings (SSSR count). The average Bonchev–Trinajstić information content (AvgIpc) is 2.07. The first kappa shape index (κ1) is 11.2. The van der Waals surface area contributed by atoms with Gasteiger partial charge in [0.15, 0.2) is 0 Å². The van der Waals surface area contributed by atoms with E-state index in [1.165, 1.54) is 15.6 Å². The van der Waals surface area contributed by atoms with Crippen LogP contribution in [0.2, 0.25) is 0 Å². The molecule has 0 saturated carbocycles. The van der Waals surface area contributed by atoms with E-state index in [4.69, 9.17) is 0 Å². The van der Waals surface area contributed by atoms with Gasteiger partial charge in [-0.15, -0.1) is 0 Å². The van der Waals surface area contributed by atoms with Gasteiger partial charge < -0.3 is 4.90 Å². The van der Waals surface area contributed by atoms with Gasteiger partial charge in [-0.3, -0.25) is 0 Å². The first-order valence-corrected chi connectivity index (χ1v) is 6.03. The second-order valence-corrected chi connectivity index (χ2v) is 4.71. The third-order valence-electron chi connectivity index (χ3n) is 1.75. The van der Waals surface area contributed by atoms with Crippen molar-refractivity contribution >= 4 is 31.9 Å². The second kappa shape index (κ2) is 5.13. The van der Waals surface area contributed by atoms with Gasteiger partial charge in [0.2, 0.25) is 0 Å². The van der Waals surface area contributed by atoms with Crippen LogP contribution in [0.5, 0.6) is 0 Å². The van der Waals surface area contributed by atoms with Gasteiger partial charge in [0, 0.05) is 16.3 Å². The molecule has 0 bridgehead atoms. The highest BCUT2D eigenvalue weighted by Crippen LogP contribution is 2.21. The Morgan fingerprint density at radius 1 is 1.31 bits per heavy atom. The molecule has 0 radical (unpaired) electrons. The van der Waals surface area contributed by atoms with Crippen molar-refractivity contribution in [2.45, 2.75) is 11.9 Å². The van der Waals surface area contributed by atoms with Gasteiger partial charge in [-0.1, -0.05) is 44.0 Å².